The number of hydrogen-bond acceptors (Lipinski definition) is 5. The Hall–Kier alpha value is -1.07. The number of phenolic OH excluding ortho intramolecular Hbond substituents is 2. The van der Waals surface area contributed by atoms with Crippen molar-refractivity contribution in [2.24, 2.45) is 0 Å². The smallest absolute Gasteiger partial charge is 0.320 e. The zero-order valence-corrected chi connectivity index (χ0v) is 14.0. The van der Waals surface area contributed by atoms with Gasteiger partial charge in [0.1, 0.15) is 11.5 Å². The van der Waals surface area contributed by atoms with Crippen molar-refractivity contribution in [1.82, 2.24) is 0 Å². The van der Waals surface area contributed by atoms with Crippen LogP contribution in [0.4, 0.5) is 0 Å². The molecule has 0 unspecified atom stereocenters. The molecule has 0 aliphatic carbocycles. The molecular weight excluding hydrogens is 327 g/mol. The molecule has 3 N–H and O–H groups in total. The average Bonchev–Trinajstić information content (AvgIpc) is 2.36. The highest BCUT2D eigenvalue weighted by Gasteiger charge is 2.24. The monoisotopic (exact) mass is 342 g/mol. The van der Waals surface area contributed by atoms with Gasteiger partial charge in [0.05, 0.1) is 0 Å². The second-order valence-corrected chi connectivity index (χ2v) is 11.5. The molecule has 0 bridgehead atoms. The first-order valence-corrected chi connectivity index (χ1v) is 10.6. The molecule has 0 aliphatic heterocycles. The Kier molecular flexibility index (Phi) is 4.94. The van der Waals surface area contributed by atoms with Crippen molar-refractivity contribution in [1.29, 1.82) is 0 Å². The number of phenols is 2. The van der Waals surface area contributed by atoms with Crippen LogP contribution in [0.2, 0.25) is 0 Å². The van der Waals surface area contributed by atoms with E-state index < -0.39 is 5.77 Å². The maximum absolute atomic E-state index is 12.4. The van der Waals surface area contributed by atoms with Gasteiger partial charge in [0.25, 0.3) is 0 Å². The van der Waals surface area contributed by atoms with Crippen LogP contribution in [0.15, 0.2) is 46.2 Å². The second kappa shape index (κ2) is 6.36. The fourth-order valence-corrected chi connectivity index (χ4v) is 7.55. The molecule has 0 atom stereocenters. The summed E-state index contributed by atoms with van der Waals surface area (Å²) in [5.74, 6) is -3.29. The van der Waals surface area contributed by atoms with E-state index in [1.54, 1.807) is 38.1 Å². The van der Waals surface area contributed by atoms with Crippen LogP contribution >= 0.6 is 28.5 Å². The predicted molar refractivity (Wildman–Crippen MR) is 87.2 cm³/mol. The highest BCUT2D eigenvalue weighted by atomic mass is 33.1. The molecule has 112 valence electrons. The molecule has 2 aromatic rings. The molecule has 21 heavy (non-hydrogen) atoms. The van der Waals surface area contributed by atoms with Crippen LogP contribution in [0.3, 0.4) is 0 Å². The van der Waals surface area contributed by atoms with Crippen LogP contribution in [0.1, 0.15) is 11.1 Å². The third-order valence-electron chi connectivity index (χ3n) is 2.74. The van der Waals surface area contributed by atoms with Crippen molar-refractivity contribution in [2.75, 3.05) is 0 Å². The molecule has 0 saturated heterocycles. The number of aryl methyl sites for hydroxylation is 2. The minimum absolute atomic E-state index is 0.131. The Morgan fingerprint density at radius 1 is 0.857 bits per heavy atom. The third-order valence-corrected chi connectivity index (χ3v) is 8.42. The largest absolute Gasteiger partial charge is 0.508 e. The molecule has 7 heteroatoms. The molecule has 0 radical (unpaired) electrons. The molecule has 0 aliphatic rings. The van der Waals surface area contributed by atoms with E-state index in [0.717, 1.165) is 33.9 Å². The van der Waals surface area contributed by atoms with Gasteiger partial charge in [-0.15, -0.1) is 0 Å². The predicted octanol–water partition coefficient (Wildman–Crippen LogP) is 4.70. The third kappa shape index (κ3) is 4.45. The lowest BCUT2D eigenvalue weighted by atomic mass is 10.2. The summed E-state index contributed by atoms with van der Waals surface area (Å²) in [7, 11) is 0. The minimum atomic E-state index is -3.55. The van der Waals surface area contributed by atoms with Gasteiger partial charge in [-0.25, -0.2) is 0 Å². The summed E-state index contributed by atoms with van der Waals surface area (Å²) in [6, 6.07) is 9.35. The maximum Gasteiger partial charge on any atom is 0.320 e. The Morgan fingerprint density at radius 3 is 1.57 bits per heavy atom. The van der Waals surface area contributed by atoms with Crippen LogP contribution in [0, 0.1) is 13.8 Å². The van der Waals surface area contributed by atoms with Crippen molar-refractivity contribution >= 4 is 28.5 Å². The van der Waals surface area contributed by atoms with Gasteiger partial charge in [0, 0.05) is 9.79 Å². The lowest BCUT2D eigenvalue weighted by Crippen LogP contribution is -1.81. The first kappa shape index (κ1) is 16.3. The molecule has 0 fully saturated rings. The average molecular weight is 342 g/mol. The van der Waals surface area contributed by atoms with Gasteiger partial charge in [-0.05, 0) is 84.1 Å². The van der Waals surface area contributed by atoms with Crippen molar-refractivity contribution in [3.8, 4) is 11.5 Å². The minimum Gasteiger partial charge on any atom is -0.508 e. The van der Waals surface area contributed by atoms with Gasteiger partial charge in [0.15, 0.2) is 0 Å². The summed E-state index contributed by atoms with van der Waals surface area (Å²) in [5.41, 5.74) is 1.50. The van der Waals surface area contributed by atoms with E-state index in [1.807, 2.05) is 0 Å². The van der Waals surface area contributed by atoms with Gasteiger partial charge in [-0.3, -0.25) is 4.57 Å². The normalized spacial score (nSPS) is 11.6. The fraction of sp³-hybridized carbons (Fsp3) is 0.143. The fourth-order valence-electron chi connectivity index (χ4n) is 1.74. The van der Waals surface area contributed by atoms with E-state index in [1.165, 1.54) is 12.1 Å². The molecule has 0 saturated carbocycles. The highest BCUT2D eigenvalue weighted by molar-refractivity contribution is 8.89. The molecule has 2 rings (SSSR count). The quantitative estimate of drug-likeness (QED) is 0.699. The SMILES string of the molecule is Cc1cc(O)ccc1SP(=O)(O)Sc1ccc(O)cc1C. The molecular formula is C14H15O4PS2. The number of benzene rings is 2. The van der Waals surface area contributed by atoms with Crippen LogP contribution in [0.25, 0.3) is 0 Å². The first-order chi connectivity index (χ1) is 9.77. The summed E-state index contributed by atoms with van der Waals surface area (Å²) in [6.07, 6.45) is 0. The lowest BCUT2D eigenvalue weighted by Gasteiger charge is -2.13. The Balaban J connectivity index is 2.20. The molecule has 0 aromatic heterocycles. The van der Waals surface area contributed by atoms with E-state index in [0.29, 0.717) is 9.79 Å². The van der Waals surface area contributed by atoms with Gasteiger partial charge in [-0.1, -0.05) is 0 Å². The standard InChI is InChI=1S/C14H15O4PS2/c1-9-7-11(15)3-5-13(9)20-19(17,18)21-14-6-4-12(16)8-10(14)2/h3-8,15-16H,1-2H3,(H,17,18). The Labute approximate surface area is 131 Å². The molecule has 0 heterocycles. The van der Waals surface area contributed by atoms with Crippen LogP contribution in [0.5, 0.6) is 11.5 Å². The zero-order chi connectivity index (χ0) is 15.6. The van der Waals surface area contributed by atoms with E-state index in [2.05, 4.69) is 0 Å². The summed E-state index contributed by atoms with van der Waals surface area (Å²) < 4.78 is 12.4. The van der Waals surface area contributed by atoms with Gasteiger partial charge < -0.3 is 15.1 Å². The zero-order valence-electron chi connectivity index (χ0n) is 11.5. The molecule has 0 amide bonds. The van der Waals surface area contributed by atoms with E-state index in [9.17, 15) is 19.7 Å². The van der Waals surface area contributed by atoms with Gasteiger partial charge in [0.2, 0.25) is 0 Å². The van der Waals surface area contributed by atoms with Crippen LogP contribution in [-0.2, 0) is 4.57 Å². The summed E-state index contributed by atoms with van der Waals surface area (Å²) in [4.78, 5) is 11.5. The van der Waals surface area contributed by atoms with E-state index >= 15 is 0 Å². The van der Waals surface area contributed by atoms with Crippen LogP contribution in [-0.4, -0.2) is 15.1 Å². The Morgan fingerprint density at radius 2 is 1.24 bits per heavy atom. The van der Waals surface area contributed by atoms with Crippen molar-refractivity contribution in [3.63, 3.8) is 0 Å². The van der Waals surface area contributed by atoms with E-state index in [4.69, 9.17) is 0 Å². The topological polar surface area (TPSA) is 77.8 Å². The molecule has 0 spiro atoms. The van der Waals surface area contributed by atoms with Crippen molar-refractivity contribution < 1.29 is 19.7 Å². The summed E-state index contributed by atoms with van der Waals surface area (Å²) in [5, 5.41) is 18.7. The maximum atomic E-state index is 12.4. The van der Waals surface area contributed by atoms with Gasteiger partial charge in [-0.2, -0.15) is 0 Å². The lowest BCUT2D eigenvalue weighted by molar-refractivity contribution is 0.473. The number of rotatable bonds is 4. The number of hydrogen-bond donors (Lipinski definition) is 3. The van der Waals surface area contributed by atoms with Gasteiger partial charge >= 0.3 is 5.77 Å². The second-order valence-electron chi connectivity index (χ2n) is 4.55. The van der Waals surface area contributed by atoms with E-state index in [-0.39, 0.29) is 11.5 Å². The molecule has 2 aromatic carbocycles. The summed E-state index contributed by atoms with van der Waals surface area (Å²) in [6.45, 7) is 3.55. The van der Waals surface area contributed by atoms with Crippen LogP contribution < -0.4 is 0 Å². The van der Waals surface area contributed by atoms with Crippen molar-refractivity contribution in [2.45, 2.75) is 23.6 Å². The Bertz CT molecular complexity index is 661. The van der Waals surface area contributed by atoms with Crippen molar-refractivity contribution in [3.05, 3.63) is 47.5 Å². The first-order valence-electron chi connectivity index (χ1n) is 6.08. The summed E-state index contributed by atoms with van der Waals surface area (Å²) >= 11 is 1.78. The molecule has 4 nitrogen and oxygen atoms in total. The highest BCUT2D eigenvalue weighted by Crippen LogP contribution is 2.71. The number of aromatic hydroxyl groups is 2.